The molecule has 42 valence electrons. The van der Waals surface area contributed by atoms with E-state index in [1.165, 1.54) is 0 Å². The number of rotatable bonds is 0. The molecule has 0 spiro atoms. The number of aromatic nitrogens is 1. The van der Waals surface area contributed by atoms with Gasteiger partial charge in [0, 0.05) is 5.33 Å². The summed E-state index contributed by atoms with van der Waals surface area (Å²) in [5.41, 5.74) is 0. The Labute approximate surface area is 35.0 Å². The van der Waals surface area contributed by atoms with Gasteiger partial charge in [-0.2, -0.15) is 0 Å². The molecule has 0 fully saturated rings. The topological polar surface area (TPSA) is 94.6 Å². The van der Waals surface area contributed by atoms with Crippen molar-refractivity contribution in [3.05, 3.63) is 0 Å². The van der Waals surface area contributed by atoms with Crippen molar-refractivity contribution in [1.29, 1.82) is 0 Å². The van der Waals surface area contributed by atoms with Crippen molar-refractivity contribution in [2.24, 2.45) is 0 Å². The molecule has 0 amide bonds. The zero-order chi connectivity index (χ0) is 4.95. The molecule has 0 radical (unpaired) electrons. The molecular formula is HNO6. The van der Waals surface area contributed by atoms with E-state index in [0.29, 0.717) is 0 Å². The minimum absolute atomic E-state index is 1.65. The highest BCUT2D eigenvalue weighted by molar-refractivity contribution is 3.08. The third-order valence-electron chi connectivity index (χ3n) is 0.219. The molecule has 0 aliphatic carbocycles. The Hall–Kier alpha value is -1.40. The summed E-state index contributed by atoms with van der Waals surface area (Å²) in [4.78, 5) is 0. The Bertz CT molecular complexity index is 92.2. The predicted octanol–water partition coefficient (Wildman–Crippen LogP) is 0.821. The molecular weight excluding hydrogens is 110 g/mol. The number of H-pyrrole nitrogens is 1. The van der Waals surface area contributed by atoms with Crippen molar-refractivity contribution in [3.63, 3.8) is 0 Å². The highest BCUT2D eigenvalue weighted by Crippen LogP contribution is 1.74. The number of hydrogen-bond acceptors (Lipinski definition) is 6. The van der Waals surface area contributed by atoms with E-state index >= 15 is 0 Å². The van der Waals surface area contributed by atoms with Gasteiger partial charge in [-0.15, -0.1) is 9.36 Å². The third kappa shape index (κ3) is 0.992. The highest BCUT2D eigenvalue weighted by Gasteiger charge is 1.60. The zero-order valence-corrected chi connectivity index (χ0v) is 2.95. The van der Waals surface area contributed by atoms with Crippen molar-refractivity contribution in [2.45, 2.75) is 0 Å². The lowest BCUT2D eigenvalue weighted by atomic mass is 13.4. The molecule has 1 heterocycles. The van der Waals surface area contributed by atoms with Crippen molar-refractivity contribution in [3.8, 4) is 0 Å². The maximum absolute atomic E-state index is 3.75. The van der Waals surface area contributed by atoms with Crippen LogP contribution in [0.3, 0.4) is 0 Å². The smallest absolute Gasteiger partial charge is 0.0126 e. The molecule has 0 saturated carbocycles. The van der Waals surface area contributed by atoms with Gasteiger partial charge < -0.3 is 0 Å². The predicted molar refractivity (Wildman–Crippen MR) is 9.64 cm³/mol. The van der Waals surface area contributed by atoms with Crippen molar-refractivity contribution in [2.75, 3.05) is 0 Å². The fraction of sp³-hybridized carbons (Fsp3) is 0. The van der Waals surface area contributed by atoms with E-state index in [1.807, 2.05) is 0 Å². The van der Waals surface area contributed by atoms with Crippen LogP contribution in [0.5, 0.6) is 0 Å². The largest absolute Gasteiger partial charge is 0.118 e. The van der Waals surface area contributed by atoms with E-state index in [9.17, 15) is 0 Å². The molecule has 0 aromatic carbocycles. The van der Waals surface area contributed by atoms with E-state index in [2.05, 4.69) is 28.3 Å². The number of aromatic amines is 1. The zero-order valence-electron chi connectivity index (χ0n) is 2.95. The lowest BCUT2D eigenvalue weighted by molar-refractivity contribution is -0.390. The van der Waals surface area contributed by atoms with Gasteiger partial charge in [0.15, 0.2) is 0 Å². The molecule has 1 aromatic rings. The molecule has 0 atom stereocenters. The molecule has 7 heteroatoms. The quantitative estimate of drug-likeness (QED) is 0.498. The van der Waals surface area contributed by atoms with Crippen LogP contribution in [0.4, 0.5) is 0 Å². The fourth-order valence-corrected chi connectivity index (χ4v) is 0.0921. The van der Waals surface area contributed by atoms with Crippen molar-refractivity contribution >= 4 is 0 Å². The maximum atomic E-state index is 3.75. The summed E-state index contributed by atoms with van der Waals surface area (Å²) < 4.78 is 21.8. The van der Waals surface area contributed by atoms with Crippen LogP contribution in [0.1, 0.15) is 0 Å². The van der Waals surface area contributed by atoms with E-state index in [4.69, 9.17) is 0 Å². The molecule has 0 aliphatic heterocycles. The summed E-state index contributed by atoms with van der Waals surface area (Å²) in [6.45, 7) is 0. The van der Waals surface area contributed by atoms with Gasteiger partial charge in [-0.3, -0.25) is 0 Å². The second-order valence-corrected chi connectivity index (χ2v) is 0.522. The van der Waals surface area contributed by atoms with Gasteiger partial charge in [-0.1, -0.05) is 0 Å². The summed E-state index contributed by atoms with van der Waals surface area (Å²) >= 11 is 0. The molecule has 0 unspecified atom stereocenters. The first-order valence-electron chi connectivity index (χ1n) is 1.24. The van der Waals surface area contributed by atoms with Gasteiger partial charge in [0.05, 0.1) is 0 Å². The van der Waals surface area contributed by atoms with E-state index < -0.39 is 0 Å². The van der Waals surface area contributed by atoms with Crippen molar-refractivity contribution < 1.29 is 28.3 Å². The van der Waals surface area contributed by atoms with Crippen molar-refractivity contribution in [1.82, 2.24) is 5.33 Å². The van der Waals surface area contributed by atoms with Crippen LogP contribution in [-0.4, -0.2) is 5.33 Å². The van der Waals surface area contributed by atoms with E-state index in [0.717, 1.165) is 0 Å². The van der Waals surface area contributed by atoms with Gasteiger partial charge >= 0.3 is 0 Å². The summed E-state index contributed by atoms with van der Waals surface area (Å²) in [6.07, 6.45) is 0. The van der Waals surface area contributed by atoms with Gasteiger partial charge in [0.2, 0.25) is 0 Å². The average Bonchev–Trinajstić information content (AvgIpc) is 1.90. The summed E-state index contributed by atoms with van der Waals surface area (Å²) in [5, 5.41) is 1.65. The molecule has 7 heavy (non-hydrogen) atoms. The van der Waals surface area contributed by atoms with Crippen LogP contribution in [0.15, 0.2) is 28.3 Å². The maximum Gasteiger partial charge on any atom is 0.0126 e. The Morgan fingerprint density at radius 3 is 1.86 bits per heavy atom. The Morgan fingerprint density at radius 1 is 0.714 bits per heavy atom. The molecule has 7 nitrogen and oxygen atoms in total. The second kappa shape index (κ2) is 1.90. The third-order valence-corrected chi connectivity index (χ3v) is 0.219. The van der Waals surface area contributed by atoms with Crippen LogP contribution in [0, 0.1) is 0 Å². The normalized spacial score (nSPS) is 8.00. The average molecular weight is 111 g/mol. The van der Waals surface area contributed by atoms with Crippen LogP contribution >= 0.6 is 0 Å². The highest BCUT2D eigenvalue weighted by atomic mass is 17.5. The number of nitrogens with one attached hydrogen (secondary N) is 1. The molecule has 1 aromatic heterocycles. The second-order valence-electron chi connectivity index (χ2n) is 0.522. The van der Waals surface area contributed by atoms with Crippen LogP contribution < -0.4 is 0 Å². The minimum atomic E-state index is 1.65. The summed E-state index contributed by atoms with van der Waals surface area (Å²) in [7, 11) is 0. The van der Waals surface area contributed by atoms with Crippen LogP contribution in [-0.2, 0) is 0 Å². The Kier molecular flexibility index (Phi) is 1.03. The lowest BCUT2D eigenvalue weighted by Crippen LogP contribution is -1.48. The fourth-order valence-electron chi connectivity index (χ4n) is 0.0921. The Morgan fingerprint density at radius 2 is 1.29 bits per heavy atom. The molecule has 0 bridgehead atoms. The summed E-state index contributed by atoms with van der Waals surface area (Å²) in [5.74, 6) is 0. The lowest BCUT2D eigenvalue weighted by Gasteiger charge is -1.53. The van der Waals surface area contributed by atoms with Crippen LogP contribution in [0.2, 0.25) is 0 Å². The molecule has 1 rings (SSSR count). The van der Waals surface area contributed by atoms with Crippen LogP contribution in [0.25, 0.3) is 0 Å². The first-order chi connectivity index (χ1) is 3.50. The molecule has 1 N–H and O–H groups in total. The SMILES string of the molecule is [nH]1oooooo1. The summed E-state index contributed by atoms with van der Waals surface area (Å²) in [6, 6.07) is 0. The van der Waals surface area contributed by atoms with Gasteiger partial charge in [0.25, 0.3) is 0 Å². The number of hydrogen-bond donors (Lipinski definition) is 1. The monoisotopic (exact) mass is 111 g/mol. The van der Waals surface area contributed by atoms with Gasteiger partial charge in [0.1, 0.15) is 0 Å². The standard InChI is InChI=1S/HNO6/c1-2-4-6-7-5-3-1/h1H. The van der Waals surface area contributed by atoms with E-state index in [-0.39, 0.29) is 0 Å². The Balaban J connectivity index is 3.06. The van der Waals surface area contributed by atoms with Gasteiger partial charge in [-0.05, 0) is 18.9 Å². The minimum Gasteiger partial charge on any atom is -0.118 e. The first kappa shape index (κ1) is 3.78. The van der Waals surface area contributed by atoms with Gasteiger partial charge in [-0.25, -0.2) is 0 Å². The van der Waals surface area contributed by atoms with E-state index in [1.54, 1.807) is 5.33 Å². The molecule has 0 saturated heterocycles. The molecule has 0 aliphatic rings. The first-order valence-corrected chi connectivity index (χ1v) is 1.24.